The van der Waals surface area contributed by atoms with E-state index in [0.717, 1.165) is 11.6 Å². The Bertz CT molecular complexity index is 372. The second-order valence-corrected chi connectivity index (χ2v) is 3.29. The summed E-state index contributed by atoms with van der Waals surface area (Å²) in [6, 6.07) is 0. The molecule has 13 heavy (non-hydrogen) atoms. The molecule has 2 aromatic rings. The Balaban J connectivity index is 2.33. The molecule has 68 valence electrons. The van der Waals surface area contributed by atoms with Gasteiger partial charge in [0.05, 0.1) is 6.20 Å². The predicted octanol–water partition coefficient (Wildman–Crippen LogP) is 1.72. The van der Waals surface area contributed by atoms with Crippen LogP contribution in [0.3, 0.4) is 0 Å². The zero-order chi connectivity index (χ0) is 9.26. The van der Waals surface area contributed by atoms with Gasteiger partial charge >= 0.3 is 0 Å². The zero-order valence-electron chi connectivity index (χ0n) is 7.73. The standard InChI is InChI=1S/C9H12N4/c1-7(2)8-5-11-9(12-8)13-4-3-10-6-13/h3-7H,1-2H3,(H,11,12). The first-order valence-corrected chi connectivity index (χ1v) is 4.30. The van der Waals surface area contributed by atoms with Gasteiger partial charge in [0.15, 0.2) is 0 Å². The molecule has 0 fully saturated rings. The van der Waals surface area contributed by atoms with Crippen molar-refractivity contribution in [2.45, 2.75) is 19.8 Å². The summed E-state index contributed by atoms with van der Waals surface area (Å²) in [5.41, 5.74) is 1.14. The van der Waals surface area contributed by atoms with Crippen LogP contribution in [0.1, 0.15) is 25.5 Å². The Hall–Kier alpha value is -1.58. The number of hydrogen-bond acceptors (Lipinski definition) is 2. The molecular formula is C9H12N4. The lowest BCUT2D eigenvalue weighted by Gasteiger charge is -1.98. The number of aromatic nitrogens is 4. The van der Waals surface area contributed by atoms with Crippen LogP contribution in [0, 0.1) is 0 Å². The van der Waals surface area contributed by atoms with Crippen LogP contribution in [-0.4, -0.2) is 19.5 Å². The number of H-pyrrole nitrogens is 1. The van der Waals surface area contributed by atoms with Crippen LogP contribution in [0.25, 0.3) is 5.95 Å². The third kappa shape index (κ3) is 1.47. The third-order valence-corrected chi connectivity index (χ3v) is 1.95. The van der Waals surface area contributed by atoms with Crippen LogP contribution >= 0.6 is 0 Å². The lowest BCUT2D eigenvalue weighted by Crippen LogP contribution is -1.93. The monoisotopic (exact) mass is 176 g/mol. The normalized spacial score (nSPS) is 11.0. The summed E-state index contributed by atoms with van der Waals surface area (Å²) >= 11 is 0. The molecule has 2 rings (SSSR count). The Morgan fingerprint density at radius 1 is 1.46 bits per heavy atom. The van der Waals surface area contributed by atoms with Crippen molar-refractivity contribution in [3.8, 4) is 5.95 Å². The molecule has 0 aliphatic heterocycles. The maximum Gasteiger partial charge on any atom is 0.212 e. The van der Waals surface area contributed by atoms with Crippen LogP contribution in [0.15, 0.2) is 24.9 Å². The Morgan fingerprint density at radius 2 is 2.31 bits per heavy atom. The molecule has 2 aromatic heterocycles. The van der Waals surface area contributed by atoms with Crippen LogP contribution in [-0.2, 0) is 0 Å². The van der Waals surface area contributed by atoms with Crippen LogP contribution in [0.5, 0.6) is 0 Å². The first-order valence-electron chi connectivity index (χ1n) is 4.30. The molecule has 0 radical (unpaired) electrons. The highest BCUT2D eigenvalue weighted by Gasteiger charge is 2.04. The van der Waals surface area contributed by atoms with E-state index in [0.29, 0.717) is 5.92 Å². The molecule has 0 bridgehead atoms. The fraction of sp³-hybridized carbons (Fsp3) is 0.333. The zero-order valence-corrected chi connectivity index (χ0v) is 7.73. The molecule has 0 atom stereocenters. The van der Waals surface area contributed by atoms with Gasteiger partial charge in [-0.25, -0.2) is 9.97 Å². The molecule has 0 amide bonds. The van der Waals surface area contributed by atoms with E-state index in [1.165, 1.54) is 0 Å². The molecule has 0 spiro atoms. The first-order chi connectivity index (χ1) is 6.27. The van der Waals surface area contributed by atoms with Gasteiger partial charge < -0.3 is 4.98 Å². The highest BCUT2D eigenvalue weighted by molar-refractivity contribution is 5.16. The van der Waals surface area contributed by atoms with Crippen molar-refractivity contribution < 1.29 is 0 Å². The number of hydrogen-bond donors (Lipinski definition) is 1. The largest absolute Gasteiger partial charge is 0.327 e. The minimum Gasteiger partial charge on any atom is -0.327 e. The second kappa shape index (κ2) is 3.05. The summed E-state index contributed by atoms with van der Waals surface area (Å²) in [7, 11) is 0. The number of aromatic amines is 1. The van der Waals surface area contributed by atoms with E-state index in [4.69, 9.17) is 0 Å². The van der Waals surface area contributed by atoms with E-state index in [1.54, 1.807) is 12.5 Å². The van der Waals surface area contributed by atoms with Gasteiger partial charge in [-0.2, -0.15) is 0 Å². The predicted molar refractivity (Wildman–Crippen MR) is 49.8 cm³/mol. The highest BCUT2D eigenvalue weighted by atomic mass is 15.2. The summed E-state index contributed by atoms with van der Waals surface area (Å²) in [5.74, 6) is 1.30. The van der Waals surface area contributed by atoms with Crippen LogP contribution < -0.4 is 0 Å². The van der Waals surface area contributed by atoms with E-state index >= 15 is 0 Å². The van der Waals surface area contributed by atoms with Crippen molar-refractivity contribution in [3.05, 3.63) is 30.6 Å². The maximum atomic E-state index is 4.25. The van der Waals surface area contributed by atoms with Crippen molar-refractivity contribution in [3.63, 3.8) is 0 Å². The molecule has 0 aromatic carbocycles. The maximum absolute atomic E-state index is 4.25. The van der Waals surface area contributed by atoms with Crippen molar-refractivity contribution in [1.82, 2.24) is 19.5 Å². The van der Waals surface area contributed by atoms with E-state index < -0.39 is 0 Å². The average Bonchev–Trinajstić information content (AvgIpc) is 2.75. The second-order valence-electron chi connectivity index (χ2n) is 3.29. The van der Waals surface area contributed by atoms with E-state index in [2.05, 4.69) is 28.8 Å². The van der Waals surface area contributed by atoms with Crippen molar-refractivity contribution in [1.29, 1.82) is 0 Å². The lowest BCUT2D eigenvalue weighted by atomic mass is 10.2. The minimum absolute atomic E-state index is 0.477. The molecular weight excluding hydrogens is 164 g/mol. The molecule has 0 aliphatic carbocycles. The molecule has 4 nitrogen and oxygen atoms in total. The minimum atomic E-state index is 0.477. The average molecular weight is 176 g/mol. The van der Waals surface area contributed by atoms with Gasteiger partial charge in [-0.1, -0.05) is 13.8 Å². The Kier molecular flexibility index (Phi) is 1.88. The highest BCUT2D eigenvalue weighted by Crippen LogP contribution is 2.12. The van der Waals surface area contributed by atoms with E-state index in [1.807, 2.05) is 17.0 Å². The summed E-state index contributed by atoms with van der Waals surface area (Å²) in [6.45, 7) is 4.26. The van der Waals surface area contributed by atoms with Gasteiger partial charge in [-0.15, -0.1) is 0 Å². The third-order valence-electron chi connectivity index (χ3n) is 1.95. The number of nitrogens with one attached hydrogen (secondary N) is 1. The fourth-order valence-corrected chi connectivity index (χ4v) is 1.13. The summed E-state index contributed by atoms with van der Waals surface area (Å²) in [6.07, 6.45) is 7.18. The van der Waals surface area contributed by atoms with Gasteiger partial charge in [0.25, 0.3) is 0 Å². The van der Waals surface area contributed by atoms with Gasteiger partial charge in [-0.3, -0.25) is 4.57 Å². The molecule has 1 N–H and O–H groups in total. The molecule has 0 saturated carbocycles. The number of rotatable bonds is 2. The summed E-state index contributed by atoms with van der Waals surface area (Å²) in [4.78, 5) is 11.4. The molecule has 0 unspecified atom stereocenters. The van der Waals surface area contributed by atoms with Crippen LogP contribution in [0.4, 0.5) is 0 Å². The first kappa shape index (κ1) is 8.04. The fourth-order valence-electron chi connectivity index (χ4n) is 1.13. The molecule has 2 heterocycles. The Labute approximate surface area is 76.7 Å². The van der Waals surface area contributed by atoms with Gasteiger partial charge in [0, 0.05) is 18.1 Å². The van der Waals surface area contributed by atoms with Crippen molar-refractivity contribution >= 4 is 0 Å². The summed E-state index contributed by atoms with van der Waals surface area (Å²) < 4.78 is 1.85. The van der Waals surface area contributed by atoms with Gasteiger partial charge in [-0.05, 0) is 5.92 Å². The number of imidazole rings is 2. The molecule has 0 aliphatic rings. The van der Waals surface area contributed by atoms with Crippen molar-refractivity contribution in [2.24, 2.45) is 0 Å². The quantitative estimate of drug-likeness (QED) is 0.757. The van der Waals surface area contributed by atoms with Gasteiger partial charge in [0.1, 0.15) is 6.33 Å². The molecule has 4 heteroatoms. The van der Waals surface area contributed by atoms with E-state index in [9.17, 15) is 0 Å². The van der Waals surface area contributed by atoms with Crippen LogP contribution in [0.2, 0.25) is 0 Å². The topological polar surface area (TPSA) is 46.5 Å². The number of nitrogens with zero attached hydrogens (tertiary/aromatic N) is 3. The van der Waals surface area contributed by atoms with Gasteiger partial charge in [0.2, 0.25) is 5.95 Å². The van der Waals surface area contributed by atoms with E-state index in [-0.39, 0.29) is 0 Å². The van der Waals surface area contributed by atoms with Crippen molar-refractivity contribution in [2.75, 3.05) is 0 Å². The molecule has 0 saturated heterocycles. The lowest BCUT2D eigenvalue weighted by molar-refractivity contribution is 0.824. The summed E-state index contributed by atoms with van der Waals surface area (Å²) in [5, 5.41) is 0. The smallest absolute Gasteiger partial charge is 0.212 e. The Morgan fingerprint density at radius 3 is 2.85 bits per heavy atom. The SMILES string of the molecule is CC(C)c1cnc(-n2ccnc2)[nH]1.